The normalized spacial score (nSPS) is 19.2. The largest absolute Gasteiger partial charge is 0.388 e. The number of anilines is 1. The van der Waals surface area contributed by atoms with Crippen molar-refractivity contribution in [1.82, 2.24) is 15.3 Å². The van der Waals surface area contributed by atoms with Crippen molar-refractivity contribution in [1.29, 1.82) is 0 Å². The van der Waals surface area contributed by atoms with Crippen LogP contribution < -0.4 is 16.4 Å². The van der Waals surface area contributed by atoms with Crippen molar-refractivity contribution < 1.29 is 4.79 Å². The van der Waals surface area contributed by atoms with E-state index in [1.54, 1.807) is 6.20 Å². The zero-order chi connectivity index (χ0) is 11.5. The van der Waals surface area contributed by atoms with Gasteiger partial charge in [0.25, 0.3) is 0 Å². The molecule has 16 heavy (non-hydrogen) atoms. The van der Waals surface area contributed by atoms with Gasteiger partial charge < -0.3 is 16.4 Å². The Labute approximate surface area is 97.6 Å². The van der Waals surface area contributed by atoms with E-state index >= 15 is 0 Å². The van der Waals surface area contributed by atoms with Gasteiger partial charge in [0.05, 0.1) is 18.4 Å². The molecule has 6 nitrogen and oxygen atoms in total. The van der Waals surface area contributed by atoms with Gasteiger partial charge >= 0.3 is 0 Å². The van der Waals surface area contributed by atoms with E-state index in [0.29, 0.717) is 24.5 Å². The fourth-order valence-electron chi connectivity index (χ4n) is 1.45. The Bertz CT molecular complexity index is 418. The predicted octanol–water partition coefficient (Wildman–Crippen LogP) is -0.589. The van der Waals surface area contributed by atoms with Gasteiger partial charge in [-0.25, -0.2) is 9.97 Å². The summed E-state index contributed by atoms with van der Waals surface area (Å²) >= 11 is 4.76. The number of carbonyl (C=O) groups excluding carboxylic acids is 1. The van der Waals surface area contributed by atoms with Crippen molar-refractivity contribution in [3.05, 3.63) is 18.1 Å². The van der Waals surface area contributed by atoms with E-state index in [2.05, 4.69) is 20.6 Å². The lowest BCUT2D eigenvalue weighted by Gasteiger charge is -2.10. The van der Waals surface area contributed by atoms with Gasteiger partial charge in [0, 0.05) is 13.0 Å². The number of aromatic nitrogens is 2. The molecule has 0 bridgehead atoms. The first-order chi connectivity index (χ1) is 7.65. The number of hydrogen-bond donors (Lipinski definition) is 3. The molecule has 7 heteroatoms. The van der Waals surface area contributed by atoms with Crippen molar-refractivity contribution in [3.63, 3.8) is 0 Å². The van der Waals surface area contributed by atoms with Crippen molar-refractivity contribution in [2.75, 3.05) is 11.9 Å². The number of nitrogens with two attached hydrogens (primary N) is 1. The Hall–Kier alpha value is -1.76. The highest BCUT2D eigenvalue weighted by Crippen LogP contribution is 2.08. The summed E-state index contributed by atoms with van der Waals surface area (Å²) < 4.78 is 0. The van der Waals surface area contributed by atoms with Crippen LogP contribution in [-0.2, 0) is 4.79 Å². The van der Waals surface area contributed by atoms with E-state index < -0.39 is 0 Å². The Morgan fingerprint density at radius 2 is 2.38 bits per heavy atom. The zero-order valence-corrected chi connectivity index (χ0v) is 9.25. The van der Waals surface area contributed by atoms with Crippen LogP contribution >= 0.6 is 12.2 Å². The van der Waals surface area contributed by atoms with E-state index in [-0.39, 0.29) is 16.9 Å². The fourth-order valence-corrected chi connectivity index (χ4v) is 1.55. The molecule has 0 saturated carbocycles. The third-order valence-corrected chi connectivity index (χ3v) is 2.44. The summed E-state index contributed by atoms with van der Waals surface area (Å²) in [6.45, 7) is 0.609. The maximum atomic E-state index is 11.0. The standard InChI is InChI=1S/C9H11N5OS/c10-9(16)6-3-12-7(4-11-6)14-5-1-8(15)13-2-5/h3-5H,1-2H2,(H2,10,16)(H,12,14)(H,13,15). The van der Waals surface area contributed by atoms with Gasteiger partial charge in [-0.1, -0.05) is 12.2 Å². The SMILES string of the molecule is NC(=S)c1cnc(NC2CNC(=O)C2)cn1. The molecule has 1 amide bonds. The van der Waals surface area contributed by atoms with Crippen LogP contribution in [0, 0.1) is 0 Å². The molecule has 0 spiro atoms. The molecular formula is C9H11N5OS. The molecular weight excluding hydrogens is 226 g/mol. The number of hydrogen-bond acceptors (Lipinski definition) is 5. The van der Waals surface area contributed by atoms with Crippen molar-refractivity contribution in [3.8, 4) is 0 Å². The maximum Gasteiger partial charge on any atom is 0.222 e. The Morgan fingerprint density at radius 3 is 2.88 bits per heavy atom. The predicted molar refractivity (Wildman–Crippen MR) is 63.0 cm³/mol. The molecule has 1 aromatic rings. The first kappa shape index (κ1) is 10.7. The number of rotatable bonds is 3. The summed E-state index contributed by atoms with van der Waals surface area (Å²) in [6, 6.07) is 0.0671. The van der Waals surface area contributed by atoms with Crippen LogP contribution in [0.3, 0.4) is 0 Å². The summed E-state index contributed by atoms with van der Waals surface area (Å²) in [5, 5.41) is 5.83. The van der Waals surface area contributed by atoms with Crippen LogP contribution in [0.5, 0.6) is 0 Å². The van der Waals surface area contributed by atoms with Crippen LogP contribution in [0.4, 0.5) is 5.82 Å². The molecule has 2 heterocycles. The number of amides is 1. The molecule has 0 radical (unpaired) electrons. The first-order valence-electron chi connectivity index (χ1n) is 4.80. The second-order valence-corrected chi connectivity index (χ2v) is 3.94. The highest BCUT2D eigenvalue weighted by Gasteiger charge is 2.21. The van der Waals surface area contributed by atoms with E-state index in [1.807, 2.05) is 0 Å². The monoisotopic (exact) mass is 237 g/mol. The third-order valence-electron chi connectivity index (χ3n) is 2.23. The molecule has 1 unspecified atom stereocenters. The van der Waals surface area contributed by atoms with Crippen LogP contribution in [0.15, 0.2) is 12.4 Å². The van der Waals surface area contributed by atoms with Gasteiger partial charge in [-0.05, 0) is 0 Å². The Morgan fingerprint density at radius 1 is 1.56 bits per heavy atom. The van der Waals surface area contributed by atoms with Gasteiger partial charge in [-0.3, -0.25) is 4.79 Å². The topological polar surface area (TPSA) is 92.9 Å². The number of carbonyl (C=O) groups is 1. The van der Waals surface area contributed by atoms with Gasteiger partial charge in [0.2, 0.25) is 5.91 Å². The van der Waals surface area contributed by atoms with E-state index in [1.165, 1.54) is 6.20 Å². The van der Waals surface area contributed by atoms with Crippen molar-refractivity contribution >= 4 is 28.9 Å². The van der Waals surface area contributed by atoms with Crippen LogP contribution in [0.1, 0.15) is 12.1 Å². The van der Waals surface area contributed by atoms with Gasteiger partial charge in [0.1, 0.15) is 16.5 Å². The Balaban J connectivity index is 2.00. The molecule has 4 N–H and O–H groups in total. The average molecular weight is 237 g/mol. The van der Waals surface area contributed by atoms with Crippen LogP contribution in [-0.4, -0.2) is 33.5 Å². The lowest BCUT2D eigenvalue weighted by atomic mass is 10.2. The van der Waals surface area contributed by atoms with Crippen LogP contribution in [0.25, 0.3) is 0 Å². The highest BCUT2D eigenvalue weighted by molar-refractivity contribution is 7.80. The molecule has 1 aromatic heterocycles. The number of thiocarbonyl (C=S) groups is 1. The summed E-state index contributed by atoms with van der Waals surface area (Å²) in [6.07, 6.45) is 3.52. The summed E-state index contributed by atoms with van der Waals surface area (Å²) in [7, 11) is 0. The van der Waals surface area contributed by atoms with Gasteiger partial charge in [-0.15, -0.1) is 0 Å². The van der Waals surface area contributed by atoms with E-state index in [4.69, 9.17) is 18.0 Å². The van der Waals surface area contributed by atoms with E-state index in [0.717, 1.165) is 0 Å². The minimum absolute atomic E-state index is 0.0465. The maximum absolute atomic E-state index is 11.0. The molecule has 0 aliphatic carbocycles. The second kappa shape index (κ2) is 4.40. The van der Waals surface area contributed by atoms with Crippen molar-refractivity contribution in [2.24, 2.45) is 5.73 Å². The quantitative estimate of drug-likeness (QED) is 0.609. The summed E-state index contributed by atoms with van der Waals surface area (Å²) in [4.78, 5) is 19.3. The lowest BCUT2D eigenvalue weighted by Crippen LogP contribution is -2.23. The molecule has 1 aliphatic rings. The minimum Gasteiger partial charge on any atom is -0.388 e. The molecule has 1 atom stereocenters. The molecule has 84 valence electrons. The van der Waals surface area contributed by atoms with E-state index in [9.17, 15) is 4.79 Å². The molecule has 1 aliphatic heterocycles. The zero-order valence-electron chi connectivity index (χ0n) is 8.43. The lowest BCUT2D eigenvalue weighted by molar-refractivity contribution is -0.119. The fraction of sp³-hybridized carbons (Fsp3) is 0.333. The molecule has 2 rings (SSSR count). The Kier molecular flexibility index (Phi) is 2.95. The average Bonchev–Trinajstić information content (AvgIpc) is 2.65. The van der Waals surface area contributed by atoms with Crippen LogP contribution in [0.2, 0.25) is 0 Å². The molecule has 0 aromatic carbocycles. The van der Waals surface area contributed by atoms with Crippen molar-refractivity contribution in [2.45, 2.75) is 12.5 Å². The number of nitrogens with one attached hydrogen (secondary N) is 2. The highest BCUT2D eigenvalue weighted by atomic mass is 32.1. The minimum atomic E-state index is 0.0465. The summed E-state index contributed by atoms with van der Waals surface area (Å²) in [5.74, 6) is 0.659. The summed E-state index contributed by atoms with van der Waals surface area (Å²) in [5.41, 5.74) is 5.89. The van der Waals surface area contributed by atoms with Gasteiger partial charge in [0.15, 0.2) is 0 Å². The second-order valence-electron chi connectivity index (χ2n) is 3.50. The number of nitrogens with zero attached hydrogens (tertiary/aromatic N) is 2. The third kappa shape index (κ3) is 2.43. The molecule has 1 saturated heterocycles. The molecule has 1 fully saturated rings. The van der Waals surface area contributed by atoms with Gasteiger partial charge in [-0.2, -0.15) is 0 Å². The first-order valence-corrected chi connectivity index (χ1v) is 5.21. The smallest absolute Gasteiger partial charge is 0.222 e.